The van der Waals surface area contributed by atoms with Crippen molar-refractivity contribution in [1.82, 2.24) is 20.5 Å². The van der Waals surface area contributed by atoms with E-state index in [1.54, 1.807) is 13.3 Å². The number of nitrogens with zero attached hydrogens (tertiary/aromatic N) is 3. The van der Waals surface area contributed by atoms with E-state index in [1.807, 2.05) is 30.3 Å². The maximum Gasteiger partial charge on any atom is 0.226 e. The van der Waals surface area contributed by atoms with E-state index in [-0.39, 0.29) is 24.0 Å². The Morgan fingerprint density at radius 2 is 1.84 bits per heavy atom. The average Bonchev–Trinajstić information content (AvgIpc) is 3.28. The van der Waals surface area contributed by atoms with Gasteiger partial charge >= 0.3 is 0 Å². The number of fused-ring (bicyclic) bond motifs is 1. The topological polar surface area (TPSA) is 65.7 Å². The Morgan fingerprint density at radius 1 is 1.10 bits per heavy atom. The molecular weight excluding hydrogens is 501 g/mol. The van der Waals surface area contributed by atoms with E-state index >= 15 is 0 Å². The number of hydrogen-bond acceptors (Lipinski definition) is 4. The van der Waals surface area contributed by atoms with Crippen LogP contribution in [0, 0.1) is 0 Å². The smallest absolute Gasteiger partial charge is 0.226 e. The molecule has 1 aliphatic heterocycles. The highest BCUT2D eigenvalue weighted by atomic mass is 127. The van der Waals surface area contributed by atoms with E-state index in [0.717, 1.165) is 43.3 Å². The second kappa shape index (κ2) is 11.3. The molecule has 0 fully saturated rings. The summed E-state index contributed by atoms with van der Waals surface area (Å²) in [5.74, 6) is 1.40. The van der Waals surface area contributed by atoms with Gasteiger partial charge in [-0.1, -0.05) is 42.5 Å². The maximum atomic E-state index is 5.60. The van der Waals surface area contributed by atoms with Crippen molar-refractivity contribution in [3.05, 3.63) is 77.7 Å². The number of hydrogen-bond donors (Lipinski definition) is 2. The van der Waals surface area contributed by atoms with Crippen LogP contribution in [0.2, 0.25) is 0 Å². The van der Waals surface area contributed by atoms with Crippen molar-refractivity contribution in [3.8, 4) is 11.5 Å². The summed E-state index contributed by atoms with van der Waals surface area (Å²) in [6.45, 7) is 5.74. The summed E-state index contributed by atoms with van der Waals surface area (Å²) in [6, 6.07) is 19.1. The van der Waals surface area contributed by atoms with E-state index < -0.39 is 0 Å². The van der Waals surface area contributed by atoms with Crippen molar-refractivity contribution in [1.29, 1.82) is 0 Å². The second-order valence-corrected chi connectivity index (χ2v) is 7.65. The Hall–Kier alpha value is -2.39. The van der Waals surface area contributed by atoms with Gasteiger partial charge in [-0.15, -0.1) is 24.0 Å². The molecule has 2 N–H and O–H groups in total. The Bertz CT molecular complexity index is 988. The summed E-state index contributed by atoms with van der Waals surface area (Å²) in [7, 11) is 1.79. The van der Waals surface area contributed by atoms with Crippen LogP contribution in [-0.4, -0.2) is 42.0 Å². The number of oxazole rings is 1. The standard InChI is InChI=1S/C24H29N5O.HI/c1-18(29-13-12-19-8-6-7-11-21(19)16-29)14-26-24(25-2)27-15-22-17-30-23(28-22)20-9-4-3-5-10-20;/h3-11,17-18H,12-16H2,1-2H3,(H2,25,26,27);1H. The van der Waals surface area contributed by atoms with Gasteiger partial charge in [0.25, 0.3) is 0 Å². The highest BCUT2D eigenvalue weighted by molar-refractivity contribution is 14.0. The summed E-state index contributed by atoms with van der Waals surface area (Å²) in [5.41, 5.74) is 4.74. The van der Waals surface area contributed by atoms with E-state index in [1.165, 1.54) is 11.1 Å². The molecule has 1 atom stereocenters. The number of halogens is 1. The predicted molar refractivity (Wildman–Crippen MR) is 136 cm³/mol. The molecule has 0 spiro atoms. The Kier molecular flexibility index (Phi) is 8.48. The Balaban J connectivity index is 0.00000272. The Morgan fingerprint density at radius 3 is 2.61 bits per heavy atom. The van der Waals surface area contributed by atoms with Crippen molar-refractivity contribution in [3.63, 3.8) is 0 Å². The normalized spacial score (nSPS) is 15.0. The minimum absolute atomic E-state index is 0. The number of benzene rings is 2. The van der Waals surface area contributed by atoms with Crippen LogP contribution < -0.4 is 10.6 Å². The highest BCUT2D eigenvalue weighted by Gasteiger charge is 2.20. The molecule has 0 amide bonds. The molecule has 1 unspecified atom stereocenters. The molecule has 0 saturated carbocycles. The zero-order chi connectivity index (χ0) is 20.8. The highest BCUT2D eigenvalue weighted by Crippen LogP contribution is 2.20. The van der Waals surface area contributed by atoms with Crippen LogP contribution >= 0.6 is 24.0 Å². The summed E-state index contributed by atoms with van der Waals surface area (Å²) in [6.07, 6.45) is 2.81. The largest absolute Gasteiger partial charge is 0.444 e. The van der Waals surface area contributed by atoms with Crippen LogP contribution in [0.25, 0.3) is 11.5 Å². The van der Waals surface area contributed by atoms with Gasteiger partial charge < -0.3 is 15.1 Å². The monoisotopic (exact) mass is 531 g/mol. The van der Waals surface area contributed by atoms with Crippen LogP contribution in [0.5, 0.6) is 0 Å². The van der Waals surface area contributed by atoms with Gasteiger partial charge in [-0.2, -0.15) is 0 Å². The number of guanidine groups is 1. The van der Waals surface area contributed by atoms with Crippen LogP contribution in [0.4, 0.5) is 0 Å². The van der Waals surface area contributed by atoms with Gasteiger partial charge in [0.1, 0.15) is 6.26 Å². The van der Waals surface area contributed by atoms with E-state index in [9.17, 15) is 0 Å². The van der Waals surface area contributed by atoms with Gasteiger partial charge in [0.2, 0.25) is 5.89 Å². The first-order valence-corrected chi connectivity index (χ1v) is 10.5. The summed E-state index contributed by atoms with van der Waals surface area (Å²) >= 11 is 0. The minimum atomic E-state index is 0. The Labute approximate surface area is 201 Å². The fourth-order valence-electron chi connectivity index (χ4n) is 3.76. The molecule has 0 bridgehead atoms. The van der Waals surface area contributed by atoms with Gasteiger partial charge in [0.15, 0.2) is 5.96 Å². The van der Waals surface area contributed by atoms with Crippen LogP contribution in [0.3, 0.4) is 0 Å². The quantitative estimate of drug-likeness (QED) is 0.285. The number of rotatable bonds is 6. The van der Waals surface area contributed by atoms with Gasteiger partial charge in [0.05, 0.1) is 12.2 Å². The lowest BCUT2D eigenvalue weighted by Crippen LogP contribution is -2.47. The average molecular weight is 531 g/mol. The molecule has 0 saturated heterocycles. The third-order valence-electron chi connectivity index (χ3n) is 5.58. The van der Waals surface area contributed by atoms with Crippen molar-refractivity contribution >= 4 is 29.9 Å². The predicted octanol–water partition coefficient (Wildman–Crippen LogP) is 4.07. The number of aliphatic imine (C=N–C) groups is 1. The van der Waals surface area contributed by atoms with Crippen LogP contribution in [0.15, 0.2) is 70.3 Å². The molecule has 0 radical (unpaired) electrons. The number of aromatic nitrogens is 1. The molecule has 2 heterocycles. The molecule has 0 aliphatic carbocycles. The van der Waals surface area contributed by atoms with E-state index in [2.05, 4.69) is 56.7 Å². The summed E-state index contributed by atoms with van der Waals surface area (Å²) < 4.78 is 5.60. The fraction of sp³-hybridized carbons (Fsp3) is 0.333. The molecule has 1 aliphatic rings. The van der Waals surface area contributed by atoms with Crippen LogP contribution in [-0.2, 0) is 19.5 Å². The molecule has 2 aromatic carbocycles. The molecule has 3 aromatic rings. The van der Waals surface area contributed by atoms with Gasteiger partial charge in [0, 0.05) is 38.3 Å². The summed E-state index contributed by atoms with van der Waals surface area (Å²) in [4.78, 5) is 11.4. The molecule has 6 nitrogen and oxygen atoms in total. The van der Waals surface area contributed by atoms with Crippen molar-refractivity contribution < 1.29 is 4.42 Å². The van der Waals surface area contributed by atoms with Crippen molar-refractivity contribution in [2.24, 2.45) is 4.99 Å². The molecular formula is C24H30IN5O. The van der Waals surface area contributed by atoms with Gasteiger partial charge in [-0.05, 0) is 36.6 Å². The zero-order valence-corrected chi connectivity index (χ0v) is 20.4. The second-order valence-electron chi connectivity index (χ2n) is 7.65. The molecule has 1 aromatic heterocycles. The number of nitrogens with one attached hydrogen (secondary N) is 2. The molecule has 4 rings (SSSR count). The molecule has 164 valence electrons. The lowest BCUT2D eigenvalue weighted by molar-refractivity contribution is 0.191. The molecule has 31 heavy (non-hydrogen) atoms. The minimum Gasteiger partial charge on any atom is -0.444 e. The zero-order valence-electron chi connectivity index (χ0n) is 18.0. The SMILES string of the molecule is CN=C(NCc1coc(-c2ccccc2)n1)NCC(C)N1CCc2ccccc2C1.I. The fourth-order valence-corrected chi connectivity index (χ4v) is 3.76. The lowest BCUT2D eigenvalue weighted by Gasteiger charge is -2.34. The molecule has 7 heteroatoms. The first-order chi connectivity index (χ1) is 14.7. The van der Waals surface area contributed by atoms with Gasteiger partial charge in [-0.3, -0.25) is 9.89 Å². The van der Waals surface area contributed by atoms with E-state index in [4.69, 9.17) is 4.42 Å². The summed E-state index contributed by atoms with van der Waals surface area (Å²) in [5, 5.41) is 6.76. The first kappa shape index (κ1) is 23.3. The maximum absolute atomic E-state index is 5.60. The first-order valence-electron chi connectivity index (χ1n) is 10.5. The van der Waals surface area contributed by atoms with Gasteiger partial charge in [-0.25, -0.2) is 4.98 Å². The third kappa shape index (κ3) is 6.07. The van der Waals surface area contributed by atoms with Crippen LogP contribution in [0.1, 0.15) is 23.7 Å². The van der Waals surface area contributed by atoms with E-state index in [0.29, 0.717) is 18.5 Å². The van der Waals surface area contributed by atoms with Crippen molar-refractivity contribution in [2.75, 3.05) is 20.1 Å². The third-order valence-corrected chi connectivity index (χ3v) is 5.58. The lowest BCUT2D eigenvalue weighted by atomic mass is 9.99. The van der Waals surface area contributed by atoms with Crippen molar-refractivity contribution in [2.45, 2.75) is 32.5 Å².